The molecule has 0 amide bonds. The lowest BCUT2D eigenvalue weighted by Gasteiger charge is -2.16. The molecule has 0 atom stereocenters. The minimum Gasteiger partial charge on any atom is -0.308 e. The number of rotatable bonds is 8. The van der Waals surface area contributed by atoms with Crippen LogP contribution in [0.1, 0.15) is 0 Å². The molecule has 13 aromatic rings. The molecule has 3 aromatic heterocycles. The van der Waals surface area contributed by atoms with E-state index in [2.05, 4.69) is 211 Å². The van der Waals surface area contributed by atoms with Crippen molar-refractivity contribution in [3.05, 3.63) is 243 Å². The number of benzene rings is 10. The van der Waals surface area contributed by atoms with E-state index >= 15 is 0 Å². The highest BCUT2D eigenvalue weighted by molar-refractivity contribution is 7.26. The Bertz CT molecular complexity index is 3880. The Balaban J connectivity index is 1.05. The van der Waals surface area contributed by atoms with Crippen LogP contribution in [0.15, 0.2) is 243 Å². The maximum atomic E-state index is 5.32. The fraction of sp³-hybridized carbons (Fsp3) is 0. The van der Waals surface area contributed by atoms with E-state index in [9.17, 15) is 0 Å². The molecule has 3 heterocycles. The molecule has 318 valence electrons. The third-order valence-corrected chi connectivity index (χ3v) is 14.2. The van der Waals surface area contributed by atoms with E-state index in [-0.39, 0.29) is 0 Å². The van der Waals surface area contributed by atoms with E-state index < -0.39 is 0 Å². The summed E-state index contributed by atoms with van der Waals surface area (Å²) in [5.41, 5.74) is 15.3. The maximum Gasteiger partial charge on any atom is 0.164 e. The Morgan fingerprint density at radius 3 is 1.41 bits per heavy atom. The number of aromatic nitrogens is 4. The van der Waals surface area contributed by atoms with Crippen LogP contribution in [-0.4, -0.2) is 19.5 Å². The second-order valence-electron chi connectivity index (χ2n) is 17.2. The van der Waals surface area contributed by atoms with Crippen LogP contribution in [0.25, 0.3) is 126 Å². The van der Waals surface area contributed by atoms with E-state index in [4.69, 9.17) is 15.0 Å². The first-order chi connectivity index (χ1) is 33.7. The van der Waals surface area contributed by atoms with Gasteiger partial charge in [-0.15, -0.1) is 11.3 Å². The molecule has 4 nitrogen and oxygen atoms in total. The van der Waals surface area contributed by atoms with Gasteiger partial charge in [0.1, 0.15) is 0 Å². The minimum atomic E-state index is 0.612. The SMILES string of the molecule is c1ccc(-c2cc(-c3ccccc3)cc(-c3ccc(-c4ccc5sc6c(ccc7c8ccccc8n(-c8ccccc8)c76)c5c4)c(-c4nc(-c5ccccc5)nc(-c5ccccc5)n4)c3)c2)cc1. The number of hydrogen-bond donors (Lipinski definition) is 0. The zero-order chi connectivity index (χ0) is 45.0. The second kappa shape index (κ2) is 16.6. The van der Waals surface area contributed by atoms with E-state index in [1.165, 1.54) is 53.1 Å². The lowest BCUT2D eigenvalue weighted by molar-refractivity contribution is 1.07. The lowest BCUT2D eigenvalue weighted by atomic mass is 9.90. The van der Waals surface area contributed by atoms with Crippen LogP contribution < -0.4 is 0 Å². The van der Waals surface area contributed by atoms with Gasteiger partial charge in [-0.25, -0.2) is 15.0 Å². The van der Waals surface area contributed by atoms with Crippen molar-refractivity contribution >= 4 is 53.3 Å². The molecule has 0 aliphatic heterocycles. The molecule has 0 unspecified atom stereocenters. The summed E-state index contributed by atoms with van der Waals surface area (Å²) in [6, 6.07) is 86.5. The van der Waals surface area contributed by atoms with Crippen molar-refractivity contribution in [3.8, 4) is 84.4 Å². The van der Waals surface area contributed by atoms with Gasteiger partial charge in [-0.2, -0.15) is 0 Å². The maximum absolute atomic E-state index is 5.32. The summed E-state index contributed by atoms with van der Waals surface area (Å²) >= 11 is 1.86. The van der Waals surface area contributed by atoms with Crippen LogP contribution in [0.3, 0.4) is 0 Å². The van der Waals surface area contributed by atoms with Gasteiger partial charge in [-0.1, -0.05) is 188 Å². The molecule has 0 N–H and O–H groups in total. The minimum absolute atomic E-state index is 0.612. The standard InChI is InChI=1S/C63H40N4S/c1-6-18-41(19-7-1)47-36-48(42-20-8-2-9-21-42)38-49(37-47)45-30-32-51(56(39-45)63-65-61(43-22-10-3-11-23-43)64-62(66-63)44-24-12-4-13-25-44)46-31-35-58-55(40-46)54-34-33-53-52-28-16-17-29-57(52)67(59(53)60(54)68-58)50-26-14-5-15-27-50/h1-40H. The molecule has 10 aromatic carbocycles. The molecule has 5 heteroatoms. The predicted octanol–water partition coefficient (Wildman–Crippen LogP) is 17.0. The Labute approximate surface area is 397 Å². The fourth-order valence-electron chi connectivity index (χ4n) is 9.77. The Kier molecular flexibility index (Phi) is 9.66. The van der Waals surface area contributed by atoms with Crippen molar-refractivity contribution in [2.75, 3.05) is 0 Å². The first-order valence-electron chi connectivity index (χ1n) is 22.9. The van der Waals surface area contributed by atoms with E-state index in [1.807, 2.05) is 47.7 Å². The lowest BCUT2D eigenvalue weighted by Crippen LogP contribution is -2.01. The second-order valence-corrected chi connectivity index (χ2v) is 18.2. The highest BCUT2D eigenvalue weighted by Gasteiger charge is 2.21. The third kappa shape index (κ3) is 6.96. The summed E-state index contributed by atoms with van der Waals surface area (Å²) in [7, 11) is 0. The summed E-state index contributed by atoms with van der Waals surface area (Å²) in [5.74, 6) is 1.86. The smallest absolute Gasteiger partial charge is 0.164 e. The van der Waals surface area contributed by atoms with Crippen molar-refractivity contribution in [2.45, 2.75) is 0 Å². The van der Waals surface area contributed by atoms with Crippen molar-refractivity contribution < 1.29 is 0 Å². The van der Waals surface area contributed by atoms with Gasteiger partial charge in [0.15, 0.2) is 17.5 Å². The highest BCUT2D eigenvalue weighted by atomic mass is 32.1. The van der Waals surface area contributed by atoms with E-state index in [0.717, 1.165) is 55.8 Å². The Hall–Kier alpha value is -8.77. The van der Waals surface area contributed by atoms with Gasteiger partial charge in [0.25, 0.3) is 0 Å². The summed E-state index contributed by atoms with van der Waals surface area (Å²) in [6.07, 6.45) is 0. The van der Waals surface area contributed by atoms with Gasteiger partial charge in [0.05, 0.1) is 15.7 Å². The van der Waals surface area contributed by atoms with Gasteiger partial charge in [-0.3, -0.25) is 0 Å². The van der Waals surface area contributed by atoms with E-state index in [1.54, 1.807) is 0 Å². The summed E-state index contributed by atoms with van der Waals surface area (Å²) < 4.78 is 4.95. The number of fused-ring (bicyclic) bond motifs is 7. The first-order valence-corrected chi connectivity index (χ1v) is 23.7. The third-order valence-electron chi connectivity index (χ3n) is 13.0. The van der Waals surface area contributed by atoms with Crippen molar-refractivity contribution in [1.29, 1.82) is 0 Å². The van der Waals surface area contributed by atoms with Crippen molar-refractivity contribution in [2.24, 2.45) is 0 Å². The van der Waals surface area contributed by atoms with Gasteiger partial charge in [0, 0.05) is 48.6 Å². The van der Waals surface area contributed by atoms with Gasteiger partial charge < -0.3 is 4.57 Å². The molecule has 0 aliphatic rings. The largest absolute Gasteiger partial charge is 0.308 e. The number of nitrogens with zero attached hydrogens (tertiary/aromatic N) is 4. The monoisotopic (exact) mass is 884 g/mol. The Morgan fingerprint density at radius 1 is 0.294 bits per heavy atom. The van der Waals surface area contributed by atoms with Crippen LogP contribution >= 0.6 is 11.3 Å². The normalized spacial score (nSPS) is 11.5. The molecule has 0 radical (unpaired) electrons. The van der Waals surface area contributed by atoms with Gasteiger partial charge in [0.2, 0.25) is 0 Å². The summed E-state index contributed by atoms with van der Waals surface area (Å²) in [5, 5.41) is 4.97. The van der Waals surface area contributed by atoms with Crippen LogP contribution in [0.2, 0.25) is 0 Å². The topological polar surface area (TPSA) is 43.6 Å². The first kappa shape index (κ1) is 39.6. The van der Waals surface area contributed by atoms with E-state index in [0.29, 0.717) is 17.5 Å². The number of para-hydroxylation sites is 2. The molecule has 0 saturated carbocycles. The molecule has 68 heavy (non-hydrogen) atoms. The highest BCUT2D eigenvalue weighted by Crippen LogP contribution is 2.45. The van der Waals surface area contributed by atoms with Crippen molar-refractivity contribution in [3.63, 3.8) is 0 Å². The fourth-order valence-corrected chi connectivity index (χ4v) is 11.0. The molecule has 0 aliphatic carbocycles. The molecule has 0 bridgehead atoms. The van der Waals surface area contributed by atoms with Gasteiger partial charge in [-0.05, 0) is 99.1 Å². The molecule has 13 rings (SSSR count). The summed E-state index contributed by atoms with van der Waals surface area (Å²) in [6.45, 7) is 0. The van der Waals surface area contributed by atoms with Crippen molar-refractivity contribution in [1.82, 2.24) is 19.5 Å². The average Bonchev–Trinajstić information content (AvgIpc) is 3.97. The molecule has 0 spiro atoms. The molecule has 0 fully saturated rings. The molecular weight excluding hydrogens is 845 g/mol. The Morgan fingerprint density at radius 2 is 0.794 bits per heavy atom. The summed E-state index contributed by atoms with van der Waals surface area (Å²) in [4.78, 5) is 15.7. The zero-order valence-electron chi connectivity index (χ0n) is 36.8. The van der Waals surface area contributed by atoms with Crippen LogP contribution in [-0.2, 0) is 0 Å². The number of thiophene rings is 1. The van der Waals surface area contributed by atoms with Crippen LogP contribution in [0.5, 0.6) is 0 Å². The van der Waals surface area contributed by atoms with Crippen LogP contribution in [0.4, 0.5) is 0 Å². The molecule has 0 saturated heterocycles. The average molecular weight is 885 g/mol. The number of hydrogen-bond acceptors (Lipinski definition) is 4. The van der Waals surface area contributed by atoms with Crippen LogP contribution in [0, 0.1) is 0 Å². The zero-order valence-corrected chi connectivity index (χ0v) is 37.6. The predicted molar refractivity (Wildman–Crippen MR) is 285 cm³/mol. The molecular formula is C63H40N4S. The van der Waals surface area contributed by atoms with Gasteiger partial charge >= 0.3 is 0 Å². The quantitative estimate of drug-likeness (QED) is 0.153.